The molecule has 3 aliphatic rings. The smallest absolute Gasteiger partial charge is 0.303 e. The van der Waals surface area contributed by atoms with Gasteiger partial charge in [-0.1, -0.05) is 25.5 Å². The molecular weight excluding hydrogens is 630 g/mol. The second-order valence-electron chi connectivity index (χ2n) is 14.5. The van der Waals surface area contributed by atoms with Crippen LogP contribution in [0.25, 0.3) is 0 Å². The van der Waals surface area contributed by atoms with E-state index < -0.39 is 29.9 Å². The maximum absolute atomic E-state index is 13.1. The summed E-state index contributed by atoms with van der Waals surface area (Å²) >= 11 is 0. The van der Waals surface area contributed by atoms with Gasteiger partial charge >= 0.3 is 5.97 Å². The van der Waals surface area contributed by atoms with Gasteiger partial charge in [-0.2, -0.15) is 0 Å². The molecule has 3 saturated heterocycles. The van der Waals surface area contributed by atoms with Crippen molar-refractivity contribution in [2.24, 2.45) is 5.92 Å². The minimum atomic E-state index is -0.771. The van der Waals surface area contributed by atoms with Gasteiger partial charge in [0.15, 0.2) is 0 Å². The highest BCUT2D eigenvalue weighted by Crippen LogP contribution is 2.49. The number of hydrogen-bond donors (Lipinski definition) is 2. The average Bonchev–Trinajstić information content (AvgIpc) is 3.68. The molecule has 0 saturated carbocycles. The third-order valence-electron chi connectivity index (χ3n) is 10.2. The number of epoxide rings is 1. The quantitative estimate of drug-likeness (QED) is 0.107. The molecule has 2 N–H and O–H groups in total. The van der Waals surface area contributed by atoms with E-state index in [1.165, 1.54) is 18.6 Å². The van der Waals surface area contributed by atoms with Crippen molar-refractivity contribution in [2.75, 3.05) is 27.2 Å². The van der Waals surface area contributed by atoms with Gasteiger partial charge in [0.05, 0.1) is 43.0 Å². The Balaban J connectivity index is 1.48. The molecule has 3 fully saturated rings. The summed E-state index contributed by atoms with van der Waals surface area (Å²) < 4.78 is 23.6. The van der Waals surface area contributed by atoms with Gasteiger partial charge in [0.1, 0.15) is 17.8 Å². The van der Waals surface area contributed by atoms with Crippen molar-refractivity contribution in [3.05, 3.63) is 23.8 Å². The predicted molar refractivity (Wildman–Crippen MR) is 185 cm³/mol. The molecule has 12 nitrogen and oxygen atoms in total. The zero-order valence-electron chi connectivity index (χ0n) is 31.1. The zero-order chi connectivity index (χ0) is 36.5. The van der Waals surface area contributed by atoms with Crippen LogP contribution >= 0.6 is 0 Å². The topological polar surface area (TPSA) is 147 Å². The van der Waals surface area contributed by atoms with E-state index in [0.29, 0.717) is 32.4 Å². The number of carbonyl (C=O) groups is 4. The van der Waals surface area contributed by atoms with Crippen LogP contribution in [0.15, 0.2) is 23.8 Å². The van der Waals surface area contributed by atoms with Gasteiger partial charge in [-0.15, -0.1) is 0 Å². The van der Waals surface area contributed by atoms with Crippen LogP contribution in [-0.4, -0.2) is 120 Å². The molecule has 49 heavy (non-hydrogen) atoms. The van der Waals surface area contributed by atoms with Crippen molar-refractivity contribution in [1.82, 2.24) is 15.1 Å². The van der Waals surface area contributed by atoms with E-state index in [4.69, 9.17) is 18.9 Å². The molecule has 1 spiro atoms. The molecule has 0 aromatic rings. The Hall–Kier alpha value is -2.80. The van der Waals surface area contributed by atoms with Crippen LogP contribution in [0, 0.1) is 5.92 Å². The number of aliphatic hydroxyl groups is 1. The van der Waals surface area contributed by atoms with E-state index in [1.807, 2.05) is 20.8 Å². The molecule has 0 aromatic heterocycles. The fourth-order valence-corrected chi connectivity index (χ4v) is 6.89. The number of rotatable bonds is 16. The summed E-state index contributed by atoms with van der Waals surface area (Å²) in [5.74, 6) is -0.404. The monoisotopic (exact) mass is 691 g/mol. The second kappa shape index (κ2) is 18.4. The lowest BCUT2D eigenvalue weighted by molar-refractivity contribution is -0.163. The third-order valence-corrected chi connectivity index (χ3v) is 10.2. The Kier molecular flexibility index (Phi) is 15.3. The van der Waals surface area contributed by atoms with Crippen molar-refractivity contribution >= 4 is 23.7 Å². The number of nitrogens with one attached hydrogen (secondary N) is 1. The summed E-state index contributed by atoms with van der Waals surface area (Å²) in [4.78, 5) is 52.1. The van der Waals surface area contributed by atoms with E-state index >= 15 is 0 Å². The fraction of sp³-hybridized carbons (Fsp3) is 0.784. The number of likely N-dealkylation sites (N-methyl/N-ethyl adjacent to an activating group) is 2. The van der Waals surface area contributed by atoms with E-state index in [0.717, 1.165) is 25.7 Å². The minimum absolute atomic E-state index is 0.00933. The number of allylic oxidation sites excluding steroid dienone is 1. The zero-order valence-corrected chi connectivity index (χ0v) is 31.1. The Morgan fingerprint density at radius 2 is 1.67 bits per heavy atom. The molecule has 3 amide bonds. The molecular formula is C37H61N3O9. The summed E-state index contributed by atoms with van der Waals surface area (Å²) in [6, 6.07) is -0.127. The van der Waals surface area contributed by atoms with Gasteiger partial charge in [0.25, 0.3) is 0 Å². The Bertz CT molecular complexity index is 1210. The van der Waals surface area contributed by atoms with Gasteiger partial charge in [-0.25, -0.2) is 0 Å². The molecule has 12 heteroatoms. The van der Waals surface area contributed by atoms with Gasteiger partial charge in [-0.3, -0.25) is 19.2 Å². The number of ether oxygens (including phenoxy) is 4. The lowest BCUT2D eigenvalue weighted by atomic mass is 9.83. The van der Waals surface area contributed by atoms with Crippen LogP contribution in [-0.2, 0) is 38.1 Å². The predicted octanol–water partition coefficient (Wildman–Crippen LogP) is 3.69. The van der Waals surface area contributed by atoms with Crippen LogP contribution < -0.4 is 5.32 Å². The van der Waals surface area contributed by atoms with Gasteiger partial charge in [0.2, 0.25) is 17.7 Å². The first-order chi connectivity index (χ1) is 23.1. The van der Waals surface area contributed by atoms with Crippen LogP contribution in [0.3, 0.4) is 0 Å². The summed E-state index contributed by atoms with van der Waals surface area (Å²) in [6.45, 7) is 14.0. The van der Waals surface area contributed by atoms with Crippen molar-refractivity contribution in [3.63, 3.8) is 0 Å². The molecule has 10 unspecified atom stereocenters. The Morgan fingerprint density at radius 1 is 1.02 bits per heavy atom. The number of esters is 1. The molecule has 0 bridgehead atoms. The van der Waals surface area contributed by atoms with E-state index in [9.17, 15) is 24.3 Å². The Morgan fingerprint density at radius 3 is 2.29 bits per heavy atom. The van der Waals surface area contributed by atoms with Crippen LogP contribution in [0.4, 0.5) is 0 Å². The van der Waals surface area contributed by atoms with Crippen molar-refractivity contribution in [1.29, 1.82) is 0 Å². The normalized spacial score (nSPS) is 32.1. The molecule has 3 rings (SSSR count). The van der Waals surface area contributed by atoms with Gasteiger partial charge in [0, 0.05) is 53.0 Å². The van der Waals surface area contributed by atoms with Gasteiger partial charge < -0.3 is 39.2 Å². The molecule has 3 aliphatic heterocycles. The van der Waals surface area contributed by atoms with E-state index in [-0.39, 0.29) is 60.5 Å². The molecule has 0 aromatic carbocycles. The second-order valence-corrected chi connectivity index (χ2v) is 14.5. The summed E-state index contributed by atoms with van der Waals surface area (Å²) in [7, 11) is 3.51. The molecule has 278 valence electrons. The lowest BCUT2D eigenvalue weighted by Gasteiger charge is -2.39. The Labute approximate surface area is 292 Å². The number of nitrogens with zero attached hydrogens (tertiary/aromatic N) is 2. The standard InChI is InChI=1S/C37H61N3O9/c1-10-11-34(43)39(8)18-19-40(9)35(44)21-29-22-37(27(6)49-37)36(45)32(48-29)16-13-23(2)12-15-31-24(3)20-30(26(5)47-31)38-33(42)17-14-25(4)46-28(7)41/h12,14,17,24-27,29-32,36,45H,10-11,13,15-16,18-22H2,1-9H3,(H,38,42). The highest BCUT2D eigenvalue weighted by atomic mass is 16.6. The van der Waals surface area contributed by atoms with Gasteiger partial charge in [-0.05, 0) is 71.8 Å². The lowest BCUT2D eigenvalue weighted by Crippen LogP contribution is -2.52. The largest absolute Gasteiger partial charge is 0.459 e. The average molecular weight is 692 g/mol. The maximum Gasteiger partial charge on any atom is 0.303 e. The van der Waals surface area contributed by atoms with Crippen molar-refractivity contribution in [2.45, 2.75) is 154 Å². The highest BCUT2D eigenvalue weighted by molar-refractivity contribution is 5.87. The van der Waals surface area contributed by atoms with Crippen molar-refractivity contribution in [3.8, 4) is 0 Å². The summed E-state index contributed by atoms with van der Waals surface area (Å²) in [5, 5.41) is 14.3. The summed E-state index contributed by atoms with van der Waals surface area (Å²) in [5.41, 5.74) is 0.487. The number of carbonyl (C=O) groups excluding carboxylic acids is 4. The van der Waals surface area contributed by atoms with E-state index in [1.54, 1.807) is 36.9 Å². The number of amides is 3. The van der Waals surface area contributed by atoms with Crippen LogP contribution in [0.2, 0.25) is 0 Å². The van der Waals surface area contributed by atoms with Crippen LogP contribution in [0.1, 0.15) is 99.8 Å². The molecule has 3 heterocycles. The molecule has 0 radical (unpaired) electrons. The SMILES string of the molecule is CCCC(=O)N(C)CCN(C)C(=O)CC1CC2(OC2C)C(O)C(CCC(C)=CCC2OC(C)C(NC(=O)C=CC(C)OC(C)=O)CC2C)O1. The first kappa shape index (κ1) is 40.6. The maximum atomic E-state index is 13.1. The third kappa shape index (κ3) is 11.9. The highest BCUT2D eigenvalue weighted by Gasteiger charge is 2.64. The fourth-order valence-electron chi connectivity index (χ4n) is 6.89. The van der Waals surface area contributed by atoms with E-state index in [2.05, 4.69) is 25.2 Å². The molecule has 10 atom stereocenters. The van der Waals surface area contributed by atoms with Crippen LogP contribution in [0.5, 0.6) is 0 Å². The first-order valence-electron chi connectivity index (χ1n) is 18.0. The summed E-state index contributed by atoms with van der Waals surface area (Å²) in [6.07, 6.45) is 7.60. The molecule has 0 aliphatic carbocycles. The number of hydrogen-bond acceptors (Lipinski definition) is 9. The minimum Gasteiger partial charge on any atom is -0.459 e. The number of aliphatic hydroxyl groups excluding tert-OH is 1. The first-order valence-corrected chi connectivity index (χ1v) is 18.0. The van der Waals surface area contributed by atoms with Crippen molar-refractivity contribution < 1.29 is 43.2 Å².